The Bertz CT molecular complexity index is 763. The van der Waals surface area contributed by atoms with Crippen molar-refractivity contribution in [3.05, 3.63) is 41.2 Å². The van der Waals surface area contributed by atoms with Crippen molar-refractivity contribution in [2.24, 2.45) is 0 Å². The Balaban J connectivity index is 2.37. The van der Waals surface area contributed by atoms with Crippen molar-refractivity contribution in [2.75, 3.05) is 6.26 Å². The molecule has 1 aromatic heterocycles. The van der Waals surface area contributed by atoms with Gasteiger partial charge in [0.1, 0.15) is 5.82 Å². The van der Waals surface area contributed by atoms with E-state index in [-0.39, 0.29) is 5.69 Å². The molecule has 2 N–H and O–H groups in total. The van der Waals surface area contributed by atoms with Crippen molar-refractivity contribution in [3.63, 3.8) is 0 Å². The number of hydrogen-bond acceptors (Lipinski definition) is 4. The number of aromatic nitrogens is 2. The van der Waals surface area contributed by atoms with Gasteiger partial charge < -0.3 is 4.98 Å². The van der Waals surface area contributed by atoms with E-state index in [9.17, 15) is 13.2 Å². The number of amides is 1. The van der Waals surface area contributed by atoms with E-state index in [4.69, 9.17) is 0 Å². The Morgan fingerprint density at radius 1 is 1.30 bits per heavy atom. The quantitative estimate of drug-likeness (QED) is 0.894. The maximum Gasteiger partial charge on any atom is 0.285 e. The first-order valence-electron chi connectivity index (χ1n) is 5.92. The minimum Gasteiger partial charge on any atom is -0.341 e. The van der Waals surface area contributed by atoms with Crippen LogP contribution >= 0.6 is 0 Å². The first kappa shape index (κ1) is 14.3. The molecule has 1 aromatic carbocycles. The van der Waals surface area contributed by atoms with E-state index in [0.29, 0.717) is 11.5 Å². The summed E-state index contributed by atoms with van der Waals surface area (Å²) in [5.74, 6) is -0.204. The van der Waals surface area contributed by atoms with E-state index in [1.165, 1.54) is 0 Å². The van der Waals surface area contributed by atoms with Crippen LogP contribution in [0.1, 0.15) is 21.7 Å². The first-order chi connectivity index (χ1) is 9.26. The minimum atomic E-state index is -3.60. The molecule has 0 aliphatic rings. The highest BCUT2D eigenvalue weighted by Gasteiger charge is 2.18. The number of nitrogens with one attached hydrogen (secondary N) is 2. The molecular formula is C13H15N3O3S. The SMILES string of the molecule is Cc1cccc(-c2nc(C(=O)NS(C)(=O)=O)c(C)[nH]2)c1. The van der Waals surface area contributed by atoms with E-state index in [1.54, 1.807) is 6.92 Å². The summed E-state index contributed by atoms with van der Waals surface area (Å²) in [5.41, 5.74) is 2.50. The Kier molecular flexibility index (Phi) is 3.63. The van der Waals surface area contributed by atoms with Crippen LogP contribution in [-0.2, 0) is 10.0 Å². The zero-order valence-corrected chi connectivity index (χ0v) is 12.2. The van der Waals surface area contributed by atoms with Crippen LogP contribution in [0.4, 0.5) is 0 Å². The molecule has 0 atom stereocenters. The smallest absolute Gasteiger partial charge is 0.285 e. The van der Waals surface area contributed by atoms with Crippen LogP contribution < -0.4 is 4.72 Å². The van der Waals surface area contributed by atoms with Crippen LogP contribution in [0, 0.1) is 13.8 Å². The van der Waals surface area contributed by atoms with Crippen LogP contribution in [0.3, 0.4) is 0 Å². The van der Waals surface area contributed by atoms with E-state index in [1.807, 2.05) is 35.9 Å². The molecule has 0 fully saturated rings. The van der Waals surface area contributed by atoms with E-state index in [0.717, 1.165) is 17.4 Å². The third-order valence-corrected chi connectivity index (χ3v) is 3.23. The fourth-order valence-electron chi connectivity index (χ4n) is 1.83. The summed E-state index contributed by atoms with van der Waals surface area (Å²) in [7, 11) is -3.60. The third-order valence-electron chi connectivity index (χ3n) is 2.67. The Morgan fingerprint density at radius 3 is 2.60 bits per heavy atom. The third kappa shape index (κ3) is 3.24. The monoisotopic (exact) mass is 293 g/mol. The molecule has 2 aromatic rings. The van der Waals surface area contributed by atoms with Gasteiger partial charge in [0.2, 0.25) is 10.0 Å². The van der Waals surface area contributed by atoms with Gasteiger partial charge in [-0.25, -0.2) is 18.1 Å². The highest BCUT2D eigenvalue weighted by Crippen LogP contribution is 2.19. The average molecular weight is 293 g/mol. The summed E-state index contributed by atoms with van der Waals surface area (Å²) in [6, 6.07) is 7.63. The van der Waals surface area contributed by atoms with Gasteiger partial charge in [0.05, 0.1) is 6.26 Å². The predicted octanol–water partition coefficient (Wildman–Crippen LogP) is 1.38. The van der Waals surface area contributed by atoms with Crippen molar-refractivity contribution in [1.29, 1.82) is 0 Å². The summed E-state index contributed by atoms with van der Waals surface area (Å²) in [6.07, 6.45) is 0.925. The van der Waals surface area contributed by atoms with Crippen LogP contribution in [0.2, 0.25) is 0 Å². The number of carbonyl (C=O) groups is 1. The molecule has 0 saturated carbocycles. The van der Waals surface area contributed by atoms with Gasteiger partial charge in [0.15, 0.2) is 5.69 Å². The minimum absolute atomic E-state index is 0.0759. The maximum absolute atomic E-state index is 11.8. The Morgan fingerprint density at radius 2 is 2.00 bits per heavy atom. The molecule has 20 heavy (non-hydrogen) atoms. The number of nitrogens with zero attached hydrogens (tertiary/aromatic N) is 1. The van der Waals surface area contributed by atoms with Crippen molar-refractivity contribution in [1.82, 2.24) is 14.7 Å². The normalized spacial score (nSPS) is 11.3. The number of benzene rings is 1. The number of rotatable bonds is 3. The number of aromatic amines is 1. The average Bonchev–Trinajstić information content (AvgIpc) is 2.69. The Labute approximate surface area is 117 Å². The van der Waals surface area contributed by atoms with Crippen molar-refractivity contribution in [2.45, 2.75) is 13.8 Å². The molecule has 2 rings (SSSR count). The maximum atomic E-state index is 11.8. The van der Waals surface area contributed by atoms with Gasteiger partial charge in [0.25, 0.3) is 5.91 Å². The van der Waals surface area contributed by atoms with Gasteiger partial charge in [-0.2, -0.15) is 0 Å². The molecule has 0 saturated heterocycles. The van der Waals surface area contributed by atoms with E-state index < -0.39 is 15.9 Å². The molecule has 0 bridgehead atoms. The number of aryl methyl sites for hydroxylation is 2. The van der Waals surface area contributed by atoms with Crippen LogP contribution in [0.5, 0.6) is 0 Å². The number of H-pyrrole nitrogens is 1. The van der Waals surface area contributed by atoms with Gasteiger partial charge in [0, 0.05) is 11.3 Å². The van der Waals surface area contributed by atoms with Crippen LogP contribution in [0.15, 0.2) is 24.3 Å². The molecule has 0 aliphatic carbocycles. The molecule has 0 unspecified atom stereocenters. The first-order valence-corrected chi connectivity index (χ1v) is 7.81. The van der Waals surface area contributed by atoms with Gasteiger partial charge in [-0.1, -0.05) is 23.8 Å². The molecule has 7 heteroatoms. The van der Waals surface area contributed by atoms with Gasteiger partial charge in [-0.3, -0.25) is 4.79 Å². The summed E-state index contributed by atoms with van der Waals surface area (Å²) in [6.45, 7) is 3.63. The highest BCUT2D eigenvalue weighted by atomic mass is 32.2. The lowest BCUT2D eigenvalue weighted by atomic mass is 10.1. The van der Waals surface area contributed by atoms with Gasteiger partial charge in [-0.05, 0) is 19.9 Å². The number of hydrogen-bond donors (Lipinski definition) is 2. The number of imidazole rings is 1. The molecule has 0 spiro atoms. The lowest BCUT2D eigenvalue weighted by Gasteiger charge is -1.99. The second-order valence-electron chi connectivity index (χ2n) is 4.63. The van der Waals surface area contributed by atoms with E-state index in [2.05, 4.69) is 9.97 Å². The fourth-order valence-corrected chi connectivity index (χ4v) is 2.26. The topological polar surface area (TPSA) is 91.9 Å². The Hall–Kier alpha value is -2.15. The van der Waals surface area contributed by atoms with Crippen molar-refractivity contribution < 1.29 is 13.2 Å². The molecule has 106 valence electrons. The second-order valence-corrected chi connectivity index (χ2v) is 6.38. The molecule has 0 radical (unpaired) electrons. The summed E-state index contributed by atoms with van der Waals surface area (Å²) >= 11 is 0. The van der Waals surface area contributed by atoms with Crippen LogP contribution in [-0.4, -0.2) is 30.5 Å². The molecule has 1 heterocycles. The van der Waals surface area contributed by atoms with Gasteiger partial charge >= 0.3 is 0 Å². The summed E-state index contributed by atoms with van der Waals surface area (Å²) in [5, 5.41) is 0. The van der Waals surface area contributed by atoms with Crippen molar-refractivity contribution in [3.8, 4) is 11.4 Å². The van der Waals surface area contributed by atoms with Crippen molar-refractivity contribution >= 4 is 15.9 Å². The summed E-state index contributed by atoms with van der Waals surface area (Å²) in [4.78, 5) is 19.0. The number of carbonyl (C=O) groups excluding carboxylic acids is 1. The zero-order chi connectivity index (χ0) is 14.9. The molecule has 0 aliphatic heterocycles. The largest absolute Gasteiger partial charge is 0.341 e. The standard InChI is InChI=1S/C13H15N3O3S/c1-8-5-4-6-10(7-8)12-14-9(2)11(15-12)13(17)16-20(3,18)19/h4-7H,1-3H3,(H,14,15)(H,16,17). The zero-order valence-electron chi connectivity index (χ0n) is 11.4. The molecule has 6 nitrogen and oxygen atoms in total. The number of sulfonamides is 1. The lowest BCUT2D eigenvalue weighted by Crippen LogP contribution is -2.30. The fraction of sp³-hybridized carbons (Fsp3) is 0.231. The highest BCUT2D eigenvalue weighted by molar-refractivity contribution is 7.89. The van der Waals surface area contributed by atoms with E-state index >= 15 is 0 Å². The van der Waals surface area contributed by atoms with Gasteiger partial charge in [-0.15, -0.1) is 0 Å². The predicted molar refractivity (Wildman–Crippen MR) is 75.8 cm³/mol. The van der Waals surface area contributed by atoms with Crippen LogP contribution in [0.25, 0.3) is 11.4 Å². The molecule has 1 amide bonds. The molecular weight excluding hydrogens is 278 g/mol. The summed E-state index contributed by atoms with van der Waals surface area (Å²) < 4.78 is 24.1. The lowest BCUT2D eigenvalue weighted by molar-refractivity contribution is 0.0977. The second kappa shape index (κ2) is 5.09.